The molecule has 2 aromatic rings. The fourth-order valence-electron chi connectivity index (χ4n) is 4.90. The van der Waals surface area contributed by atoms with Crippen LogP contribution in [0.1, 0.15) is 67.8 Å². The van der Waals surface area contributed by atoms with Crippen molar-refractivity contribution >= 4 is 29.4 Å². The van der Waals surface area contributed by atoms with Crippen molar-refractivity contribution in [1.82, 2.24) is 15.5 Å². The second-order valence-corrected chi connectivity index (χ2v) is 9.24. The zero-order valence-electron chi connectivity index (χ0n) is 20.0. The Morgan fingerprint density at radius 3 is 2.43 bits per heavy atom. The van der Waals surface area contributed by atoms with Crippen LogP contribution in [0.3, 0.4) is 0 Å². The van der Waals surface area contributed by atoms with E-state index in [4.69, 9.17) is 0 Å². The Labute approximate surface area is 205 Å². The van der Waals surface area contributed by atoms with E-state index in [9.17, 15) is 19.2 Å². The molecule has 1 atom stereocenters. The third kappa shape index (κ3) is 5.21. The number of carbonyl (C=O) groups is 4. The van der Waals surface area contributed by atoms with Crippen LogP contribution in [0.2, 0.25) is 0 Å². The summed E-state index contributed by atoms with van der Waals surface area (Å²) in [6, 6.07) is 15.4. The summed E-state index contributed by atoms with van der Waals surface area (Å²) in [6.07, 6.45) is 6.14. The molecule has 1 saturated heterocycles. The molecule has 8 nitrogen and oxygen atoms in total. The highest BCUT2D eigenvalue weighted by molar-refractivity contribution is 6.11. The Morgan fingerprint density at radius 1 is 1.03 bits per heavy atom. The van der Waals surface area contributed by atoms with E-state index < -0.39 is 29.9 Å². The number of carbonyl (C=O) groups excluding carboxylic acids is 4. The molecule has 2 fully saturated rings. The number of hydrogen-bond donors (Lipinski definition) is 3. The molecule has 5 amide bonds. The standard InChI is InChI=1S/C27H32N4O4/c1-2-3-17-27(19-11-5-4-6-12-19)25(34)31(26(35)30-27)18-23(32)29-22-16-10-9-15-21(22)24(33)28-20-13-7-8-14-20/h4-6,9-12,15-16,20H,2-3,7-8,13-14,17-18H2,1H3,(H,28,33)(H,29,32)(H,30,35). The zero-order valence-corrected chi connectivity index (χ0v) is 20.0. The molecule has 1 unspecified atom stereocenters. The Kier molecular flexibility index (Phi) is 7.48. The average Bonchev–Trinajstić information content (AvgIpc) is 3.46. The van der Waals surface area contributed by atoms with Crippen LogP contribution in [-0.4, -0.2) is 41.2 Å². The van der Waals surface area contributed by atoms with Crippen LogP contribution < -0.4 is 16.0 Å². The quantitative estimate of drug-likeness (QED) is 0.477. The number of hydrogen-bond acceptors (Lipinski definition) is 4. The fourth-order valence-corrected chi connectivity index (χ4v) is 4.90. The summed E-state index contributed by atoms with van der Waals surface area (Å²) in [5.41, 5.74) is 0.212. The van der Waals surface area contributed by atoms with Gasteiger partial charge in [0.05, 0.1) is 11.3 Å². The second kappa shape index (κ2) is 10.7. The van der Waals surface area contributed by atoms with E-state index in [1.54, 1.807) is 24.3 Å². The number of imide groups is 1. The van der Waals surface area contributed by atoms with Gasteiger partial charge in [0.2, 0.25) is 5.91 Å². The van der Waals surface area contributed by atoms with E-state index in [0.717, 1.165) is 43.4 Å². The molecule has 1 aliphatic carbocycles. The third-order valence-electron chi connectivity index (χ3n) is 6.79. The van der Waals surface area contributed by atoms with Crippen LogP contribution in [0.25, 0.3) is 0 Å². The monoisotopic (exact) mass is 476 g/mol. The number of unbranched alkanes of at least 4 members (excludes halogenated alkanes) is 1. The molecule has 4 rings (SSSR count). The number of anilines is 1. The molecular weight excluding hydrogens is 444 g/mol. The van der Waals surface area contributed by atoms with Crippen LogP contribution in [-0.2, 0) is 15.1 Å². The van der Waals surface area contributed by atoms with E-state index >= 15 is 0 Å². The van der Waals surface area contributed by atoms with E-state index in [2.05, 4.69) is 16.0 Å². The molecule has 0 aromatic heterocycles. The molecule has 0 spiro atoms. The predicted octanol–water partition coefficient (Wildman–Crippen LogP) is 3.94. The molecule has 1 aliphatic heterocycles. The second-order valence-electron chi connectivity index (χ2n) is 9.24. The van der Waals surface area contributed by atoms with Crippen LogP contribution >= 0.6 is 0 Å². The van der Waals surface area contributed by atoms with Gasteiger partial charge in [0.25, 0.3) is 11.8 Å². The third-order valence-corrected chi connectivity index (χ3v) is 6.79. The van der Waals surface area contributed by atoms with Crippen molar-refractivity contribution in [1.29, 1.82) is 0 Å². The van der Waals surface area contributed by atoms with E-state index in [0.29, 0.717) is 23.2 Å². The van der Waals surface area contributed by atoms with Crippen molar-refractivity contribution in [2.75, 3.05) is 11.9 Å². The predicted molar refractivity (Wildman–Crippen MR) is 133 cm³/mol. The van der Waals surface area contributed by atoms with Crippen molar-refractivity contribution in [3.63, 3.8) is 0 Å². The largest absolute Gasteiger partial charge is 0.349 e. The summed E-state index contributed by atoms with van der Waals surface area (Å²) < 4.78 is 0. The first-order valence-corrected chi connectivity index (χ1v) is 12.3. The lowest BCUT2D eigenvalue weighted by Gasteiger charge is -2.27. The van der Waals surface area contributed by atoms with Crippen molar-refractivity contribution < 1.29 is 19.2 Å². The zero-order chi connectivity index (χ0) is 24.8. The Bertz CT molecular complexity index is 1100. The molecule has 0 radical (unpaired) electrons. The Hall–Kier alpha value is -3.68. The number of amides is 5. The van der Waals surface area contributed by atoms with Gasteiger partial charge in [0.1, 0.15) is 12.1 Å². The number of para-hydroxylation sites is 1. The summed E-state index contributed by atoms with van der Waals surface area (Å²) in [5, 5.41) is 8.60. The first kappa shape index (κ1) is 24.4. The highest BCUT2D eigenvalue weighted by Gasteiger charge is 2.52. The Balaban J connectivity index is 1.48. The highest BCUT2D eigenvalue weighted by Crippen LogP contribution is 2.34. The summed E-state index contributed by atoms with van der Waals surface area (Å²) in [7, 11) is 0. The maximum atomic E-state index is 13.5. The van der Waals surface area contributed by atoms with Gasteiger partial charge in [-0.25, -0.2) is 4.79 Å². The van der Waals surface area contributed by atoms with Gasteiger partial charge < -0.3 is 16.0 Å². The van der Waals surface area contributed by atoms with E-state index in [-0.39, 0.29) is 11.9 Å². The van der Waals surface area contributed by atoms with Gasteiger partial charge in [-0.3, -0.25) is 19.3 Å². The van der Waals surface area contributed by atoms with Crippen molar-refractivity contribution in [3.8, 4) is 0 Å². The number of urea groups is 1. The lowest BCUT2D eigenvalue weighted by molar-refractivity contribution is -0.134. The van der Waals surface area contributed by atoms with Crippen molar-refractivity contribution in [3.05, 3.63) is 65.7 Å². The highest BCUT2D eigenvalue weighted by atomic mass is 16.2. The van der Waals surface area contributed by atoms with Crippen molar-refractivity contribution in [2.24, 2.45) is 0 Å². The molecule has 3 N–H and O–H groups in total. The number of benzene rings is 2. The topological polar surface area (TPSA) is 108 Å². The number of rotatable bonds is 9. The van der Waals surface area contributed by atoms with Crippen LogP contribution in [0, 0.1) is 0 Å². The molecule has 2 aromatic carbocycles. The van der Waals surface area contributed by atoms with Crippen molar-refractivity contribution in [2.45, 2.75) is 63.5 Å². The summed E-state index contributed by atoms with van der Waals surface area (Å²) >= 11 is 0. The summed E-state index contributed by atoms with van der Waals surface area (Å²) in [6.45, 7) is 1.58. The average molecular weight is 477 g/mol. The van der Waals surface area contributed by atoms with Gasteiger partial charge in [-0.05, 0) is 37.0 Å². The maximum Gasteiger partial charge on any atom is 0.325 e. The Morgan fingerprint density at radius 2 is 1.71 bits per heavy atom. The molecule has 1 saturated carbocycles. The molecule has 35 heavy (non-hydrogen) atoms. The van der Waals surface area contributed by atoms with Crippen LogP contribution in [0.4, 0.5) is 10.5 Å². The van der Waals surface area contributed by atoms with Crippen LogP contribution in [0.15, 0.2) is 54.6 Å². The summed E-state index contributed by atoms with van der Waals surface area (Å²) in [4.78, 5) is 53.0. The molecular formula is C27H32N4O4. The van der Waals surface area contributed by atoms with Gasteiger partial charge in [-0.15, -0.1) is 0 Å². The molecule has 0 bridgehead atoms. The normalized spacial score (nSPS) is 20.1. The first-order chi connectivity index (χ1) is 16.9. The lowest BCUT2D eigenvalue weighted by Crippen LogP contribution is -2.44. The number of nitrogens with zero attached hydrogens (tertiary/aromatic N) is 1. The molecule has 8 heteroatoms. The maximum absolute atomic E-state index is 13.5. The smallest absolute Gasteiger partial charge is 0.325 e. The minimum absolute atomic E-state index is 0.145. The SMILES string of the molecule is CCCCC1(c2ccccc2)NC(=O)N(CC(=O)Nc2ccccc2C(=O)NC2CCCC2)C1=O. The van der Waals surface area contributed by atoms with Gasteiger partial charge in [0.15, 0.2) is 0 Å². The van der Waals surface area contributed by atoms with Gasteiger partial charge in [0, 0.05) is 6.04 Å². The van der Waals surface area contributed by atoms with Gasteiger partial charge in [-0.2, -0.15) is 0 Å². The molecule has 1 heterocycles. The minimum atomic E-state index is -1.19. The summed E-state index contributed by atoms with van der Waals surface area (Å²) in [5.74, 6) is -1.23. The van der Waals surface area contributed by atoms with E-state index in [1.807, 2.05) is 37.3 Å². The lowest BCUT2D eigenvalue weighted by atomic mass is 9.85. The van der Waals surface area contributed by atoms with Gasteiger partial charge >= 0.3 is 6.03 Å². The van der Waals surface area contributed by atoms with Gasteiger partial charge in [-0.1, -0.05) is 75.1 Å². The van der Waals surface area contributed by atoms with E-state index in [1.165, 1.54) is 0 Å². The number of nitrogens with one attached hydrogen (secondary N) is 3. The minimum Gasteiger partial charge on any atom is -0.349 e. The van der Waals surface area contributed by atoms with Crippen LogP contribution in [0.5, 0.6) is 0 Å². The fraction of sp³-hybridized carbons (Fsp3) is 0.407. The molecule has 2 aliphatic rings. The molecule has 184 valence electrons. The first-order valence-electron chi connectivity index (χ1n) is 12.3.